The standard InChI is InChI=1S/C12H11ClN2O2/c1-2-5-15-7-11(16)14-10-4-3-8(13)6-9(10)12(15)17/h2-4,6H,1,5,7H2,(H,14,16). The minimum atomic E-state index is -0.222. The number of hydrogen-bond acceptors (Lipinski definition) is 2. The summed E-state index contributed by atoms with van der Waals surface area (Å²) >= 11 is 5.85. The second-order valence-electron chi connectivity index (χ2n) is 3.71. The highest BCUT2D eigenvalue weighted by molar-refractivity contribution is 6.31. The van der Waals surface area contributed by atoms with Crippen LogP contribution in [0.25, 0.3) is 0 Å². The average Bonchev–Trinajstić information content (AvgIpc) is 2.39. The second-order valence-corrected chi connectivity index (χ2v) is 4.15. The first kappa shape index (κ1) is 11.7. The van der Waals surface area contributed by atoms with E-state index in [4.69, 9.17) is 11.6 Å². The molecule has 0 unspecified atom stereocenters. The molecule has 0 bridgehead atoms. The third-order valence-electron chi connectivity index (χ3n) is 2.46. The molecular weight excluding hydrogens is 240 g/mol. The van der Waals surface area contributed by atoms with Crippen molar-refractivity contribution in [2.75, 3.05) is 18.4 Å². The van der Waals surface area contributed by atoms with Gasteiger partial charge in [-0.05, 0) is 18.2 Å². The molecule has 0 saturated heterocycles. The molecule has 5 heteroatoms. The number of carbonyl (C=O) groups is 2. The Morgan fingerprint density at radius 2 is 2.24 bits per heavy atom. The van der Waals surface area contributed by atoms with Crippen LogP contribution < -0.4 is 5.32 Å². The normalized spacial score (nSPS) is 15.0. The van der Waals surface area contributed by atoms with Gasteiger partial charge >= 0.3 is 0 Å². The molecule has 1 aliphatic rings. The summed E-state index contributed by atoms with van der Waals surface area (Å²) in [6.07, 6.45) is 1.58. The van der Waals surface area contributed by atoms with Gasteiger partial charge in [-0.3, -0.25) is 9.59 Å². The van der Waals surface area contributed by atoms with Gasteiger partial charge in [-0.15, -0.1) is 6.58 Å². The summed E-state index contributed by atoms with van der Waals surface area (Å²) in [4.78, 5) is 25.2. The van der Waals surface area contributed by atoms with Crippen LogP contribution in [0.2, 0.25) is 5.02 Å². The quantitative estimate of drug-likeness (QED) is 0.816. The lowest BCUT2D eigenvalue weighted by Crippen LogP contribution is -2.35. The van der Waals surface area contributed by atoms with Gasteiger partial charge in [0.15, 0.2) is 0 Å². The molecule has 0 saturated carbocycles. The van der Waals surface area contributed by atoms with Crippen LogP contribution in [0.3, 0.4) is 0 Å². The van der Waals surface area contributed by atoms with Crippen LogP contribution in [0.15, 0.2) is 30.9 Å². The van der Waals surface area contributed by atoms with Crippen LogP contribution in [-0.2, 0) is 4.79 Å². The number of anilines is 1. The van der Waals surface area contributed by atoms with E-state index in [0.29, 0.717) is 22.8 Å². The maximum atomic E-state index is 12.2. The fourth-order valence-corrected chi connectivity index (χ4v) is 1.88. The van der Waals surface area contributed by atoms with E-state index in [1.807, 2.05) is 0 Å². The van der Waals surface area contributed by atoms with E-state index in [1.54, 1.807) is 24.3 Å². The number of hydrogen-bond donors (Lipinski definition) is 1. The first-order chi connectivity index (χ1) is 8.11. The Hall–Kier alpha value is -1.81. The maximum Gasteiger partial charge on any atom is 0.256 e. The van der Waals surface area contributed by atoms with Crippen LogP contribution in [0, 0.1) is 0 Å². The minimum absolute atomic E-state index is 0.0250. The van der Waals surface area contributed by atoms with E-state index >= 15 is 0 Å². The largest absolute Gasteiger partial charge is 0.326 e. The highest BCUT2D eigenvalue weighted by Crippen LogP contribution is 2.24. The van der Waals surface area contributed by atoms with Crippen LogP contribution in [0.1, 0.15) is 10.4 Å². The first-order valence-electron chi connectivity index (χ1n) is 5.11. The van der Waals surface area contributed by atoms with Crippen molar-refractivity contribution >= 4 is 29.1 Å². The summed E-state index contributed by atoms with van der Waals surface area (Å²) in [5, 5.41) is 3.14. The third-order valence-corrected chi connectivity index (χ3v) is 2.69. The van der Waals surface area contributed by atoms with Crippen molar-refractivity contribution in [2.24, 2.45) is 0 Å². The molecule has 88 valence electrons. The van der Waals surface area contributed by atoms with Crippen molar-refractivity contribution in [3.8, 4) is 0 Å². The fraction of sp³-hybridized carbons (Fsp3) is 0.167. The van der Waals surface area contributed by atoms with Gasteiger partial charge < -0.3 is 10.2 Å². The Kier molecular flexibility index (Phi) is 3.15. The summed E-state index contributed by atoms with van der Waals surface area (Å²) < 4.78 is 0. The van der Waals surface area contributed by atoms with Crippen LogP contribution >= 0.6 is 11.6 Å². The topological polar surface area (TPSA) is 49.4 Å². The minimum Gasteiger partial charge on any atom is -0.326 e. The molecular formula is C12H11ClN2O2. The number of carbonyl (C=O) groups excluding carboxylic acids is 2. The van der Waals surface area contributed by atoms with Crippen molar-refractivity contribution in [1.82, 2.24) is 4.90 Å². The molecule has 1 aromatic rings. The number of nitrogens with one attached hydrogen (secondary N) is 1. The van der Waals surface area contributed by atoms with Crippen molar-refractivity contribution < 1.29 is 9.59 Å². The Labute approximate surface area is 104 Å². The maximum absolute atomic E-state index is 12.2. The van der Waals surface area contributed by atoms with Gasteiger partial charge in [0.05, 0.1) is 11.3 Å². The molecule has 2 rings (SSSR count). The van der Waals surface area contributed by atoms with E-state index in [9.17, 15) is 9.59 Å². The molecule has 4 nitrogen and oxygen atoms in total. The van der Waals surface area contributed by atoms with Crippen molar-refractivity contribution in [3.63, 3.8) is 0 Å². The van der Waals surface area contributed by atoms with E-state index in [1.165, 1.54) is 4.90 Å². The Morgan fingerprint density at radius 3 is 2.94 bits per heavy atom. The number of fused-ring (bicyclic) bond motifs is 1. The third kappa shape index (κ3) is 2.31. The molecule has 2 amide bonds. The lowest BCUT2D eigenvalue weighted by atomic mass is 10.1. The number of halogens is 1. The summed E-state index contributed by atoms with van der Waals surface area (Å²) in [6, 6.07) is 4.82. The van der Waals surface area contributed by atoms with Crippen molar-refractivity contribution in [2.45, 2.75) is 0 Å². The molecule has 0 fully saturated rings. The Balaban J connectivity index is 2.47. The number of rotatable bonds is 2. The molecule has 0 atom stereocenters. The molecule has 1 heterocycles. The van der Waals surface area contributed by atoms with Gasteiger partial charge in [-0.25, -0.2) is 0 Å². The predicted molar refractivity (Wildman–Crippen MR) is 66.2 cm³/mol. The molecule has 1 aliphatic heterocycles. The summed E-state index contributed by atoms with van der Waals surface area (Å²) in [5.41, 5.74) is 0.904. The smallest absolute Gasteiger partial charge is 0.256 e. The van der Waals surface area contributed by atoms with Crippen LogP contribution in [0.4, 0.5) is 5.69 Å². The Bertz CT molecular complexity index is 499. The zero-order valence-corrected chi connectivity index (χ0v) is 9.83. The molecule has 0 radical (unpaired) electrons. The summed E-state index contributed by atoms with van der Waals surface area (Å²) in [6.45, 7) is 3.92. The highest BCUT2D eigenvalue weighted by Gasteiger charge is 2.25. The molecule has 0 aliphatic carbocycles. The SMILES string of the molecule is C=CCN1CC(=O)Nc2ccc(Cl)cc2C1=O. The van der Waals surface area contributed by atoms with Gasteiger partial charge in [0.2, 0.25) is 5.91 Å². The molecule has 0 aromatic heterocycles. The zero-order valence-electron chi connectivity index (χ0n) is 9.07. The monoisotopic (exact) mass is 250 g/mol. The van der Waals surface area contributed by atoms with Crippen molar-refractivity contribution in [3.05, 3.63) is 41.4 Å². The summed E-state index contributed by atoms with van der Waals surface area (Å²) in [7, 11) is 0. The number of amides is 2. The fourth-order valence-electron chi connectivity index (χ4n) is 1.71. The van der Waals surface area contributed by atoms with Crippen molar-refractivity contribution in [1.29, 1.82) is 0 Å². The lowest BCUT2D eigenvalue weighted by molar-refractivity contribution is -0.116. The number of benzene rings is 1. The van der Waals surface area contributed by atoms with Gasteiger partial charge in [0, 0.05) is 11.6 Å². The van der Waals surface area contributed by atoms with Crippen LogP contribution in [-0.4, -0.2) is 29.8 Å². The van der Waals surface area contributed by atoms with Gasteiger partial charge in [0.1, 0.15) is 6.54 Å². The predicted octanol–water partition coefficient (Wildman–Crippen LogP) is 1.92. The van der Waals surface area contributed by atoms with E-state index in [2.05, 4.69) is 11.9 Å². The molecule has 17 heavy (non-hydrogen) atoms. The van der Waals surface area contributed by atoms with Crippen LogP contribution in [0.5, 0.6) is 0 Å². The average molecular weight is 251 g/mol. The van der Waals surface area contributed by atoms with E-state index in [0.717, 1.165) is 0 Å². The van der Waals surface area contributed by atoms with E-state index in [-0.39, 0.29) is 18.4 Å². The summed E-state index contributed by atoms with van der Waals surface area (Å²) in [5.74, 6) is -0.443. The highest BCUT2D eigenvalue weighted by atomic mass is 35.5. The van der Waals surface area contributed by atoms with Gasteiger partial charge in [0.25, 0.3) is 5.91 Å². The van der Waals surface area contributed by atoms with Gasteiger partial charge in [-0.1, -0.05) is 17.7 Å². The molecule has 1 N–H and O–H groups in total. The number of nitrogens with zero attached hydrogens (tertiary/aromatic N) is 1. The molecule has 1 aromatic carbocycles. The second kappa shape index (κ2) is 4.59. The Morgan fingerprint density at radius 1 is 1.47 bits per heavy atom. The zero-order chi connectivity index (χ0) is 12.4. The first-order valence-corrected chi connectivity index (χ1v) is 5.49. The lowest BCUT2D eigenvalue weighted by Gasteiger charge is -2.17. The van der Waals surface area contributed by atoms with Gasteiger partial charge in [-0.2, -0.15) is 0 Å². The van der Waals surface area contributed by atoms with E-state index < -0.39 is 0 Å². The molecule has 0 spiro atoms.